The molecule has 3 atom stereocenters. The van der Waals surface area contributed by atoms with E-state index in [-0.39, 0.29) is 60.2 Å². The van der Waals surface area contributed by atoms with Crippen LogP contribution in [0.15, 0.2) is 12.3 Å². The summed E-state index contributed by atoms with van der Waals surface area (Å²) in [6, 6.07) is 1.06. The molecule has 0 aromatic carbocycles. The third kappa shape index (κ3) is 3.77. The first-order valence-electron chi connectivity index (χ1n) is 11.1. The fourth-order valence-electron chi connectivity index (χ4n) is 5.12. The molecule has 178 valence electrons. The first-order chi connectivity index (χ1) is 15.7. The van der Waals surface area contributed by atoms with Gasteiger partial charge in [-0.1, -0.05) is 24.9 Å². The van der Waals surface area contributed by atoms with Crippen molar-refractivity contribution in [3.63, 3.8) is 0 Å². The number of hydrogen-bond acceptors (Lipinski definition) is 4. The maximum atomic E-state index is 13.7. The van der Waals surface area contributed by atoms with E-state index in [0.717, 1.165) is 29.7 Å². The van der Waals surface area contributed by atoms with Gasteiger partial charge in [0.2, 0.25) is 5.91 Å². The van der Waals surface area contributed by atoms with Crippen molar-refractivity contribution in [1.82, 2.24) is 19.2 Å². The van der Waals surface area contributed by atoms with E-state index >= 15 is 0 Å². The summed E-state index contributed by atoms with van der Waals surface area (Å²) in [6.07, 6.45) is -0.658. The van der Waals surface area contributed by atoms with Crippen LogP contribution in [-0.2, 0) is 11.0 Å². The molecule has 5 rings (SSSR count). The average molecular weight is 485 g/mol. The molecule has 3 unspecified atom stereocenters. The Morgan fingerprint density at radius 2 is 2.00 bits per heavy atom. The molecule has 0 bridgehead atoms. The lowest BCUT2D eigenvalue weighted by molar-refractivity contribution is -0.137. The Morgan fingerprint density at radius 1 is 1.27 bits per heavy atom. The summed E-state index contributed by atoms with van der Waals surface area (Å²) < 4.78 is 42.3. The van der Waals surface area contributed by atoms with Gasteiger partial charge in [-0.05, 0) is 36.3 Å². The SMILES string of the molecule is CCC1C(CO)C1N1CCN(C(=O)c2nc3c(C(F)(F)F)cc(C4CC4)cn3c2Cl)CC1=O. The second-order valence-corrected chi connectivity index (χ2v) is 9.48. The first-order valence-corrected chi connectivity index (χ1v) is 11.5. The molecule has 2 amide bonds. The molecule has 33 heavy (non-hydrogen) atoms. The van der Waals surface area contributed by atoms with Crippen LogP contribution >= 0.6 is 11.6 Å². The van der Waals surface area contributed by atoms with Gasteiger partial charge in [0.25, 0.3) is 5.91 Å². The van der Waals surface area contributed by atoms with Crippen LogP contribution in [0.4, 0.5) is 13.2 Å². The van der Waals surface area contributed by atoms with Crippen molar-refractivity contribution in [1.29, 1.82) is 0 Å². The van der Waals surface area contributed by atoms with E-state index in [2.05, 4.69) is 4.98 Å². The lowest BCUT2D eigenvalue weighted by atomic mass is 10.1. The number of aromatic nitrogens is 2. The molecule has 0 spiro atoms. The van der Waals surface area contributed by atoms with Crippen molar-refractivity contribution < 1.29 is 27.9 Å². The highest BCUT2D eigenvalue weighted by Crippen LogP contribution is 2.46. The molecular weight excluding hydrogens is 461 g/mol. The fraction of sp³-hybridized carbons (Fsp3) is 0.591. The fourth-order valence-corrected chi connectivity index (χ4v) is 5.37. The number of rotatable bonds is 5. The van der Waals surface area contributed by atoms with Gasteiger partial charge in [-0.3, -0.25) is 14.0 Å². The zero-order valence-electron chi connectivity index (χ0n) is 18.0. The van der Waals surface area contributed by atoms with Crippen LogP contribution in [0.25, 0.3) is 5.65 Å². The van der Waals surface area contributed by atoms with Gasteiger partial charge < -0.3 is 14.9 Å². The molecule has 3 aliphatic rings. The summed E-state index contributed by atoms with van der Waals surface area (Å²) in [5, 5.41) is 9.32. The monoisotopic (exact) mass is 484 g/mol. The van der Waals surface area contributed by atoms with Crippen molar-refractivity contribution in [3.05, 3.63) is 34.2 Å². The molecule has 3 fully saturated rings. The van der Waals surface area contributed by atoms with Gasteiger partial charge in [0, 0.05) is 37.9 Å². The van der Waals surface area contributed by atoms with Crippen LogP contribution in [-0.4, -0.2) is 68.4 Å². The standard InChI is InChI=1S/C22H24ClF3N4O3/c1-2-13-14(10-31)18(13)29-6-5-28(9-16(29)32)21(33)17-19(23)30-8-12(11-3-4-11)7-15(20(30)27-17)22(24,25)26/h7-8,11,13-14,18,31H,2-6,9-10H2,1H3. The smallest absolute Gasteiger partial charge is 0.396 e. The minimum absolute atomic E-state index is 0.0108. The molecule has 1 aliphatic heterocycles. The first kappa shape index (κ1) is 22.5. The Hall–Kier alpha value is -2.33. The van der Waals surface area contributed by atoms with Crippen LogP contribution in [0.5, 0.6) is 0 Å². The van der Waals surface area contributed by atoms with Crippen LogP contribution in [0.2, 0.25) is 5.15 Å². The number of amides is 2. The summed E-state index contributed by atoms with van der Waals surface area (Å²) in [4.78, 5) is 32.8. The molecule has 2 saturated carbocycles. The van der Waals surface area contributed by atoms with E-state index in [4.69, 9.17) is 11.6 Å². The summed E-state index contributed by atoms with van der Waals surface area (Å²) >= 11 is 6.35. The largest absolute Gasteiger partial charge is 0.419 e. The zero-order chi connectivity index (χ0) is 23.7. The van der Waals surface area contributed by atoms with Crippen molar-refractivity contribution in [3.8, 4) is 0 Å². The Kier molecular flexibility index (Phi) is 5.36. The number of fused-ring (bicyclic) bond motifs is 1. The van der Waals surface area contributed by atoms with Crippen LogP contribution in [0, 0.1) is 11.8 Å². The summed E-state index contributed by atoms with van der Waals surface area (Å²) in [5.74, 6) is -0.567. The number of nitrogens with zero attached hydrogens (tertiary/aromatic N) is 4. The third-order valence-corrected chi connectivity index (χ3v) is 7.47. The van der Waals surface area contributed by atoms with Crippen molar-refractivity contribution >= 4 is 29.1 Å². The van der Waals surface area contributed by atoms with Gasteiger partial charge in [0.15, 0.2) is 11.3 Å². The molecule has 0 radical (unpaired) electrons. The van der Waals surface area contributed by atoms with Gasteiger partial charge in [0.05, 0.1) is 5.56 Å². The normalized spacial score (nSPS) is 25.8. The zero-order valence-corrected chi connectivity index (χ0v) is 18.7. The number of carbonyl (C=O) groups excluding carboxylic acids is 2. The number of imidazole rings is 1. The summed E-state index contributed by atoms with van der Waals surface area (Å²) in [7, 11) is 0. The Bertz CT molecular complexity index is 1120. The molecule has 1 saturated heterocycles. The lowest BCUT2D eigenvalue weighted by Crippen LogP contribution is -2.53. The minimum atomic E-state index is -4.65. The summed E-state index contributed by atoms with van der Waals surface area (Å²) in [5.41, 5.74) is -1.12. The molecule has 2 aliphatic carbocycles. The minimum Gasteiger partial charge on any atom is -0.396 e. The summed E-state index contributed by atoms with van der Waals surface area (Å²) in [6.45, 7) is 2.34. The number of pyridine rings is 1. The van der Waals surface area contributed by atoms with Crippen LogP contribution < -0.4 is 0 Å². The van der Waals surface area contributed by atoms with E-state index < -0.39 is 23.3 Å². The highest BCUT2D eigenvalue weighted by molar-refractivity contribution is 6.33. The number of aliphatic hydroxyl groups is 1. The predicted molar refractivity (Wildman–Crippen MR) is 113 cm³/mol. The molecule has 2 aromatic heterocycles. The van der Waals surface area contributed by atoms with Gasteiger partial charge in [-0.25, -0.2) is 4.98 Å². The number of piperazine rings is 1. The number of carbonyl (C=O) groups is 2. The third-order valence-electron chi connectivity index (χ3n) is 7.11. The molecule has 3 heterocycles. The van der Waals surface area contributed by atoms with Gasteiger partial charge in [-0.2, -0.15) is 13.2 Å². The van der Waals surface area contributed by atoms with E-state index in [0.29, 0.717) is 12.1 Å². The predicted octanol–water partition coefficient (Wildman–Crippen LogP) is 3.19. The van der Waals surface area contributed by atoms with E-state index in [1.54, 1.807) is 4.90 Å². The van der Waals surface area contributed by atoms with Gasteiger partial charge in [-0.15, -0.1) is 0 Å². The Labute approximate surface area is 193 Å². The highest BCUT2D eigenvalue weighted by atomic mass is 35.5. The molecule has 11 heteroatoms. The molecule has 1 N–H and O–H groups in total. The van der Waals surface area contributed by atoms with Crippen molar-refractivity contribution in [2.45, 2.75) is 44.3 Å². The maximum Gasteiger partial charge on any atom is 0.419 e. The number of halogens is 4. The van der Waals surface area contributed by atoms with Gasteiger partial charge >= 0.3 is 6.18 Å². The average Bonchev–Trinajstić information content (AvgIpc) is 3.69. The number of alkyl halides is 3. The molecule has 7 nitrogen and oxygen atoms in total. The second kappa shape index (κ2) is 7.87. The number of hydrogen-bond donors (Lipinski definition) is 1. The van der Waals surface area contributed by atoms with E-state index in [1.165, 1.54) is 11.1 Å². The molecular formula is C22H24ClF3N4O3. The van der Waals surface area contributed by atoms with Crippen LogP contribution in [0.3, 0.4) is 0 Å². The number of aliphatic hydroxyl groups excluding tert-OH is 1. The lowest BCUT2D eigenvalue weighted by Gasteiger charge is -2.34. The Balaban J connectivity index is 1.41. The molecule has 2 aromatic rings. The van der Waals surface area contributed by atoms with Crippen molar-refractivity contribution in [2.24, 2.45) is 11.8 Å². The maximum absolute atomic E-state index is 13.7. The topological polar surface area (TPSA) is 78.2 Å². The van der Waals surface area contributed by atoms with Crippen LogP contribution in [0.1, 0.15) is 53.7 Å². The van der Waals surface area contributed by atoms with E-state index in [1.807, 2.05) is 6.92 Å². The second-order valence-electron chi connectivity index (χ2n) is 9.13. The van der Waals surface area contributed by atoms with Crippen molar-refractivity contribution in [2.75, 3.05) is 26.2 Å². The Morgan fingerprint density at radius 3 is 2.55 bits per heavy atom. The highest BCUT2D eigenvalue weighted by Gasteiger charge is 2.54. The van der Waals surface area contributed by atoms with E-state index in [9.17, 15) is 27.9 Å². The van der Waals surface area contributed by atoms with Gasteiger partial charge in [0.1, 0.15) is 11.7 Å². The quantitative estimate of drug-likeness (QED) is 0.707.